The molecule has 162 valence electrons. The molecule has 0 aliphatic carbocycles. The van der Waals surface area contributed by atoms with Gasteiger partial charge in [-0.15, -0.1) is 0 Å². The standard InChI is InChI=1S/C19H18F3N7O2/c20-19(21,22)14-3-1-2-12(25-14)16-27-18(31-28-16)11-9-24-29-13(8-15(30)26-17(11)29)10-4-6-23-7-5-10/h1-3,8,10,23-24H,4-7,9H2,(H,27,28). The van der Waals surface area contributed by atoms with E-state index in [2.05, 4.69) is 31.2 Å². The van der Waals surface area contributed by atoms with Crippen LogP contribution in [0.3, 0.4) is 0 Å². The van der Waals surface area contributed by atoms with Crippen molar-refractivity contribution in [3.63, 3.8) is 0 Å². The number of alkyl halides is 3. The average molecular weight is 433 g/mol. The van der Waals surface area contributed by atoms with E-state index >= 15 is 0 Å². The van der Waals surface area contributed by atoms with Gasteiger partial charge >= 0.3 is 6.18 Å². The first-order chi connectivity index (χ1) is 14.9. The van der Waals surface area contributed by atoms with Gasteiger partial charge in [-0.2, -0.15) is 28.6 Å². The lowest BCUT2D eigenvalue weighted by atomic mass is 9.94. The molecule has 0 spiro atoms. The van der Waals surface area contributed by atoms with Crippen LogP contribution in [0.15, 0.2) is 39.9 Å². The van der Waals surface area contributed by atoms with E-state index in [9.17, 15) is 18.0 Å². The summed E-state index contributed by atoms with van der Waals surface area (Å²) in [6, 6.07) is 5.07. The highest BCUT2D eigenvalue weighted by molar-refractivity contribution is 5.98. The Kier molecular flexibility index (Phi) is 4.65. The van der Waals surface area contributed by atoms with E-state index in [1.165, 1.54) is 18.2 Å². The second-order valence-corrected chi connectivity index (χ2v) is 7.39. The summed E-state index contributed by atoms with van der Waals surface area (Å²) in [5.74, 6) is 0.773. The normalized spacial score (nSPS) is 21.2. The van der Waals surface area contributed by atoms with Crippen molar-refractivity contribution in [2.24, 2.45) is 4.99 Å². The number of rotatable bonds is 2. The summed E-state index contributed by atoms with van der Waals surface area (Å²) in [4.78, 5) is 29.7. The molecule has 3 N–H and O–H groups in total. The Bertz CT molecular complexity index is 1150. The maximum absolute atomic E-state index is 13.0. The van der Waals surface area contributed by atoms with Gasteiger partial charge in [-0.1, -0.05) is 6.07 Å². The molecule has 1 saturated heterocycles. The van der Waals surface area contributed by atoms with E-state index in [1.54, 1.807) is 4.68 Å². The molecule has 3 aliphatic rings. The van der Waals surface area contributed by atoms with E-state index in [0.29, 0.717) is 17.9 Å². The van der Waals surface area contributed by atoms with Crippen LogP contribution in [0.1, 0.15) is 41.7 Å². The van der Waals surface area contributed by atoms with Gasteiger partial charge < -0.3 is 15.6 Å². The third kappa shape index (κ3) is 3.63. The van der Waals surface area contributed by atoms with Crippen LogP contribution in [0.25, 0.3) is 5.57 Å². The van der Waals surface area contributed by atoms with Gasteiger partial charge in [0, 0.05) is 12.0 Å². The van der Waals surface area contributed by atoms with Crippen molar-refractivity contribution in [2.45, 2.75) is 24.9 Å². The van der Waals surface area contributed by atoms with E-state index < -0.39 is 11.9 Å². The van der Waals surface area contributed by atoms with Crippen molar-refractivity contribution in [3.05, 3.63) is 63.4 Å². The molecule has 31 heavy (non-hydrogen) atoms. The summed E-state index contributed by atoms with van der Waals surface area (Å²) in [5.41, 5.74) is 5.69. The van der Waals surface area contributed by atoms with E-state index in [-0.39, 0.29) is 28.9 Å². The van der Waals surface area contributed by atoms with Crippen LogP contribution >= 0.6 is 0 Å². The van der Waals surface area contributed by atoms with Crippen molar-refractivity contribution in [1.82, 2.24) is 25.4 Å². The lowest BCUT2D eigenvalue weighted by molar-refractivity contribution is -0.141. The van der Waals surface area contributed by atoms with Crippen LogP contribution in [0.2, 0.25) is 0 Å². The fourth-order valence-electron chi connectivity index (χ4n) is 3.90. The fraction of sp³-hybridized carbons (Fsp3) is 0.368. The van der Waals surface area contributed by atoms with Crippen molar-refractivity contribution in [2.75, 3.05) is 25.1 Å². The summed E-state index contributed by atoms with van der Waals surface area (Å²) in [5, 5.41) is 3.30. The van der Waals surface area contributed by atoms with E-state index in [4.69, 9.17) is 4.84 Å². The molecule has 12 heteroatoms. The summed E-state index contributed by atoms with van der Waals surface area (Å²) < 4.78 is 40.6. The SMILES string of the molecule is O=c1cc(C2CCNCC2)n2c(n1)C(=C1N=C(c3cccc(C(F)(F)F)n3)NO1)CN2. The predicted molar refractivity (Wildman–Crippen MR) is 104 cm³/mol. The summed E-state index contributed by atoms with van der Waals surface area (Å²) >= 11 is 0. The maximum Gasteiger partial charge on any atom is 0.433 e. The number of halogens is 3. The topological polar surface area (TPSA) is 105 Å². The molecule has 0 bridgehead atoms. The minimum atomic E-state index is -4.57. The molecule has 5 heterocycles. The monoisotopic (exact) mass is 433 g/mol. The van der Waals surface area contributed by atoms with Gasteiger partial charge in [0.05, 0.1) is 17.8 Å². The molecular weight excluding hydrogens is 415 g/mol. The molecule has 0 radical (unpaired) electrons. The smallest absolute Gasteiger partial charge is 0.360 e. The number of hydroxylamine groups is 1. The van der Waals surface area contributed by atoms with E-state index in [0.717, 1.165) is 37.7 Å². The summed E-state index contributed by atoms with van der Waals surface area (Å²) in [7, 11) is 0. The largest absolute Gasteiger partial charge is 0.433 e. The van der Waals surface area contributed by atoms with Gasteiger partial charge in [0.1, 0.15) is 11.4 Å². The lowest BCUT2D eigenvalue weighted by Gasteiger charge is -2.25. The first kappa shape index (κ1) is 19.5. The van der Waals surface area contributed by atoms with Crippen molar-refractivity contribution in [1.29, 1.82) is 0 Å². The van der Waals surface area contributed by atoms with Crippen LogP contribution < -0.4 is 21.8 Å². The highest BCUT2D eigenvalue weighted by Crippen LogP contribution is 2.31. The molecule has 0 aromatic carbocycles. The Labute approximate surface area is 174 Å². The third-order valence-electron chi connectivity index (χ3n) is 5.40. The van der Waals surface area contributed by atoms with Crippen LogP contribution in [0.4, 0.5) is 13.2 Å². The molecule has 0 atom stereocenters. The highest BCUT2D eigenvalue weighted by atomic mass is 19.4. The highest BCUT2D eigenvalue weighted by Gasteiger charge is 2.34. The number of piperidine rings is 1. The number of hydrogen-bond acceptors (Lipinski definition) is 8. The van der Waals surface area contributed by atoms with Crippen LogP contribution in [0.5, 0.6) is 0 Å². The zero-order valence-electron chi connectivity index (χ0n) is 16.2. The molecule has 0 unspecified atom stereocenters. The van der Waals surface area contributed by atoms with Crippen LogP contribution in [-0.2, 0) is 11.0 Å². The summed E-state index contributed by atoms with van der Waals surface area (Å²) in [6.07, 6.45) is -2.77. The molecule has 2 aromatic heterocycles. The minimum absolute atomic E-state index is 0.00909. The molecule has 0 saturated carbocycles. The van der Waals surface area contributed by atoms with Gasteiger partial charge in [-0.25, -0.2) is 9.66 Å². The molecule has 2 aromatic rings. The van der Waals surface area contributed by atoms with Gasteiger partial charge in [-0.3, -0.25) is 4.79 Å². The lowest BCUT2D eigenvalue weighted by Crippen LogP contribution is -2.30. The number of aliphatic imine (C=N–C) groups is 1. The molecular formula is C19H18F3N7O2. The maximum atomic E-state index is 13.0. The number of pyridine rings is 1. The fourth-order valence-corrected chi connectivity index (χ4v) is 3.90. The van der Waals surface area contributed by atoms with Gasteiger partial charge in [0.15, 0.2) is 11.7 Å². The van der Waals surface area contributed by atoms with E-state index in [1.807, 2.05) is 0 Å². The average Bonchev–Trinajstić information content (AvgIpc) is 3.40. The Balaban J connectivity index is 1.52. The zero-order valence-corrected chi connectivity index (χ0v) is 16.2. The Morgan fingerprint density at radius 1 is 1.16 bits per heavy atom. The van der Waals surface area contributed by atoms with Crippen molar-refractivity contribution >= 4 is 11.4 Å². The molecule has 5 rings (SSSR count). The molecule has 9 nitrogen and oxygen atoms in total. The van der Waals surface area contributed by atoms with Gasteiger partial charge in [0.25, 0.3) is 11.4 Å². The molecule has 3 aliphatic heterocycles. The van der Waals surface area contributed by atoms with Gasteiger partial charge in [-0.05, 0) is 38.1 Å². The number of aromatic nitrogens is 3. The minimum Gasteiger partial charge on any atom is -0.360 e. The second-order valence-electron chi connectivity index (χ2n) is 7.39. The Hall–Kier alpha value is -3.41. The number of nitrogens with one attached hydrogen (secondary N) is 3. The van der Waals surface area contributed by atoms with Crippen LogP contribution in [-0.4, -0.2) is 40.1 Å². The van der Waals surface area contributed by atoms with Crippen molar-refractivity contribution < 1.29 is 18.0 Å². The summed E-state index contributed by atoms with van der Waals surface area (Å²) in [6.45, 7) is 2.04. The zero-order chi connectivity index (χ0) is 21.6. The predicted octanol–water partition coefficient (Wildman–Crippen LogP) is 1.33. The Morgan fingerprint density at radius 3 is 2.74 bits per heavy atom. The number of fused-ring (bicyclic) bond motifs is 1. The quantitative estimate of drug-likeness (QED) is 0.656. The number of nitrogens with zero attached hydrogens (tertiary/aromatic N) is 4. The number of amidine groups is 1. The second kappa shape index (κ2) is 7.38. The van der Waals surface area contributed by atoms with Crippen molar-refractivity contribution in [3.8, 4) is 0 Å². The molecule has 1 fully saturated rings. The van der Waals surface area contributed by atoms with Crippen LogP contribution in [0, 0.1) is 0 Å². The first-order valence-corrected chi connectivity index (χ1v) is 9.78. The van der Waals surface area contributed by atoms with Gasteiger partial charge in [0.2, 0.25) is 0 Å². The molecule has 0 amide bonds. The third-order valence-corrected chi connectivity index (χ3v) is 5.40. The Morgan fingerprint density at radius 2 is 1.97 bits per heavy atom. The first-order valence-electron chi connectivity index (χ1n) is 9.78. The number of hydrogen-bond donors (Lipinski definition) is 3.